The van der Waals surface area contributed by atoms with Gasteiger partial charge in [0, 0.05) is 6.54 Å². The van der Waals surface area contributed by atoms with Crippen LogP contribution >= 0.6 is 0 Å². The zero-order chi connectivity index (χ0) is 13.5. The Morgan fingerprint density at radius 2 is 1.94 bits per heavy atom. The first-order valence-corrected chi connectivity index (χ1v) is 5.48. The SMILES string of the molecule is C[C@H](NC(=O)NCCc1ccc(F)cc1)C(=O)[O-]. The number of hydrogen-bond donors (Lipinski definition) is 2. The fraction of sp³-hybridized carbons (Fsp3) is 0.333. The molecule has 98 valence electrons. The molecule has 1 rings (SSSR count). The van der Waals surface area contributed by atoms with Gasteiger partial charge in [-0.15, -0.1) is 0 Å². The first kappa shape index (κ1) is 14.0. The van der Waals surface area contributed by atoms with Gasteiger partial charge >= 0.3 is 6.03 Å². The van der Waals surface area contributed by atoms with Crippen molar-refractivity contribution in [1.82, 2.24) is 10.6 Å². The molecule has 1 aromatic rings. The fourth-order valence-corrected chi connectivity index (χ4v) is 1.28. The molecule has 0 saturated heterocycles. The molecule has 2 amide bonds. The van der Waals surface area contributed by atoms with Gasteiger partial charge in [-0.1, -0.05) is 12.1 Å². The third-order valence-electron chi connectivity index (χ3n) is 2.31. The van der Waals surface area contributed by atoms with Crippen LogP contribution in [0, 0.1) is 5.82 Å². The van der Waals surface area contributed by atoms with Crippen LogP contribution in [0.4, 0.5) is 9.18 Å². The first-order chi connectivity index (χ1) is 8.49. The molecule has 0 aliphatic carbocycles. The number of carboxylic acid groups (broad SMARTS) is 1. The zero-order valence-corrected chi connectivity index (χ0v) is 9.90. The number of amides is 2. The Balaban J connectivity index is 2.27. The Morgan fingerprint density at radius 1 is 1.33 bits per heavy atom. The molecule has 0 radical (unpaired) electrons. The second-order valence-electron chi connectivity index (χ2n) is 3.82. The molecule has 0 saturated carbocycles. The predicted octanol–water partition coefficient (Wildman–Crippen LogP) is -0.194. The van der Waals surface area contributed by atoms with Gasteiger partial charge in [0.15, 0.2) is 0 Å². The van der Waals surface area contributed by atoms with Gasteiger partial charge in [-0.3, -0.25) is 0 Å². The molecule has 5 nitrogen and oxygen atoms in total. The number of halogens is 1. The summed E-state index contributed by atoms with van der Waals surface area (Å²) in [6.07, 6.45) is 0.535. The van der Waals surface area contributed by atoms with Gasteiger partial charge in [0.05, 0.1) is 12.0 Å². The summed E-state index contributed by atoms with van der Waals surface area (Å²) in [5.41, 5.74) is 0.879. The van der Waals surface area contributed by atoms with Crippen molar-refractivity contribution in [3.05, 3.63) is 35.6 Å². The van der Waals surface area contributed by atoms with E-state index in [4.69, 9.17) is 0 Å². The van der Waals surface area contributed by atoms with E-state index in [0.29, 0.717) is 13.0 Å². The monoisotopic (exact) mass is 253 g/mol. The molecule has 1 aromatic carbocycles. The van der Waals surface area contributed by atoms with E-state index in [1.165, 1.54) is 19.1 Å². The van der Waals surface area contributed by atoms with Crippen LogP contribution in [0.15, 0.2) is 24.3 Å². The molecule has 0 aliphatic rings. The molecule has 0 aromatic heterocycles. The second kappa shape index (κ2) is 6.58. The topological polar surface area (TPSA) is 81.3 Å². The number of carbonyl (C=O) groups excluding carboxylic acids is 2. The van der Waals surface area contributed by atoms with Crippen molar-refractivity contribution in [3.8, 4) is 0 Å². The van der Waals surface area contributed by atoms with Crippen LogP contribution in [0.25, 0.3) is 0 Å². The van der Waals surface area contributed by atoms with Gasteiger partial charge in [0.2, 0.25) is 0 Å². The smallest absolute Gasteiger partial charge is 0.315 e. The Labute approximate surface area is 104 Å². The number of carboxylic acids is 1. The lowest BCUT2D eigenvalue weighted by atomic mass is 10.1. The van der Waals surface area contributed by atoms with E-state index in [1.54, 1.807) is 12.1 Å². The number of hydrogen-bond acceptors (Lipinski definition) is 3. The van der Waals surface area contributed by atoms with Crippen molar-refractivity contribution < 1.29 is 19.1 Å². The van der Waals surface area contributed by atoms with E-state index in [0.717, 1.165) is 5.56 Å². The maximum absolute atomic E-state index is 12.6. The second-order valence-corrected chi connectivity index (χ2v) is 3.82. The summed E-state index contributed by atoms with van der Waals surface area (Å²) >= 11 is 0. The van der Waals surface area contributed by atoms with Gasteiger partial charge in [0.1, 0.15) is 5.82 Å². The van der Waals surface area contributed by atoms with E-state index >= 15 is 0 Å². The molecule has 0 fully saturated rings. The number of urea groups is 1. The lowest BCUT2D eigenvalue weighted by molar-refractivity contribution is -0.307. The average molecular weight is 253 g/mol. The number of benzene rings is 1. The predicted molar refractivity (Wildman–Crippen MR) is 61.1 cm³/mol. The van der Waals surface area contributed by atoms with Gasteiger partial charge in [-0.25, -0.2) is 9.18 Å². The molecule has 1 atom stereocenters. The number of rotatable bonds is 5. The Bertz CT molecular complexity index is 420. The van der Waals surface area contributed by atoms with E-state index in [1.807, 2.05) is 0 Å². The standard InChI is InChI=1S/C12H15FN2O3/c1-8(11(16)17)15-12(18)14-7-6-9-2-4-10(13)5-3-9/h2-5,8H,6-7H2,1H3,(H,16,17)(H2,14,15,18)/p-1/t8-/m0/s1. The Kier molecular flexibility index (Phi) is 5.10. The lowest BCUT2D eigenvalue weighted by Gasteiger charge is -2.15. The quantitative estimate of drug-likeness (QED) is 0.763. The molecule has 0 bridgehead atoms. The zero-order valence-electron chi connectivity index (χ0n) is 9.90. The summed E-state index contributed by atoms with van der Waals surface area (Å²) in [6, 6.07) is 4.31. The van der Waals surface area contributed by atoms with Crippen LogP contribution < -0.4 is 15.7 Å². The summed E-state index contributed by atoms with van der Waals surface area (Å²) in [6.45, 7) is 1.64. The molecule has 18 heavy (non-hydrogen) atoms. The Hall–Kier alpha value is -2.11. The van der Waals surface area contributed by atoms with Crippen molar-refractivity contribution in [2.75, 3.05) is 6.54 Å². The van der Waals surface area contributed by atoms with Crippen LogP contribution in [0.1, 0.15) is 12.5 Å². The summed E-state index contributed by atoms with van der Waals surface area (Å²) in [7, 11) is 0. The van der Waals surface area contributed by atoms with E-state index in [9.17, 15) is 19.1 Å². The summed E-state index contributed by atoms with van der Waals surface area (Å²) in [5, 5.41) is 15.1. The minimum atomic E-state index is -1.34. The molecule has 0 aliphatic heterocycles. The number of nitrogens with one attached hydrogen (secondary N) is 2. The minimum Gasteiger partial charge on any atom is -0.548 e. The van der Waals surface area contributed by atoms with Crippen LogP contribution in [0.2, 0.25) is 0 Å². The molecular formula is C12H14FN2O3-. The van der Waals surface area contributed by atoms with Gasteiger partial charge in [0.25, 0.3) is 0 Å². The lowest BCUT2D eigenvalue weighted by Crippen LogP contribution is -2.49. The third-order valence-corrected chi connectivity index (χ3v) is 2.31. The van der Waals surface area contributed by atoms with E-state index in [-0.39, 0.29) is 5.82 Å². The maximum Gasteiger partial charge on any atom is 0.315 e. The van der Waals surface area contributed by atoms with Crippen molar-refractivity contribution in [2.45, 2.75) is 19.4 Å². The van der Waals surface area contributed by atoms with Crippen molar-refractivity contribution in [3.63, 3.8) is 0 Å². The van der Waals surface area contributed by atoms with Gasteiger partial charge < -0.3 is 20.5 Å². The van der Waals surface area contributed by atoms with E-state index in [2.05, 4.69) is 10.6 Å². The van der Waals surface area contributed by atoms with Crippen LogP contribution in [0.3, 0.4) is 0 Å². The first-order valence-electron chi connectivity index (χ1n) is 5.48. The van der Waals surface area contributed by atoms with E-state index < -0.39 is 18.0 Å². The van der Waals surface area contributed by atoms with Gasteiger partial charge in [-0.05, 0) is 31.0 Å². The minimum absolute atomic E-state index is 0.313. The molecule has 0 heterocycles. The largest absolute Gasteiger partial charge is 0.548 e. The maximum atomic E-state index is 12.6. The Morgan fingerprint density at radius 3 is 2.50 bits per heavy atom. The molecule has 0 spiro atoms. The van der Waals surface area contributed by atoms with Gasteiger partial charge in [-0.2, -0.15) is 0 Å². The third kappa shape index (κ3) is 4.82. The molecular weight excluding hydrogens is 239 g/mol. The molecule has 2 N–H and O–H groups in total. The van der Waals surface area contributed by atoms with Crippen LogP contribution in [-0.2, 0) is 11.2 Å². The molecule has 6 heteroatoms. The van der Waals surface area contributed by atoms with Crippen molar-refractivity contribution in [1.29, 1.82) is 0 Å². The highest BCUT2D eigenvalue weighted by Gasteiger charge is 2.06. The van der Waals surface area contributed by atoms with Crippen molar-refractivity contribution >= 4 is 12.0 Å². The number of carbonyl (C=O) groups is 2. The average Bonchev–Trinajstić information content (AvgIpc) is 2.31. The van der Waals surface area contributed by atoms with Crippen LogP contribution in [-0.4, -0.2) is 24.6 Å². The van der Waals surface area contributed by atoms with Crippen LogP contribution in [0.5, 0.6) is 0 Å². The summed E-state index contributed by atoms with van der Waals surface area (Å²) < 4.78 is 12.6. The summed E-state index contributed by atoms with van der Waals surface area (Å²) in [4.78, 5) is 21.6. The highest BCUT2D eigenvalue weighted by atomic mass is 19.1. The highest BCUT2D eigenvalue weighted by molar-refractivity contribution is 5.81. The normalized spacial score (nSPS) is 11.7. The fourth-order valence-electron chi connectivity index (χ4n) is 1.28. The summed E-state index contributed by atoms with van der Waals surface area (Å²) in [5.74, 6) is -1.66. The number of aliphatic carboxylic acids is 1. The molecule has 0 unspecified atom stereocenters. The highest BCUT2D eigenvalue weighted by Crippen LogP contribution is 2.02. The van der Waals surface area contributed by atoms with Crippen molar-refractivity contribution in [2.24, 2.45) is 0 Å².